The van der Waals surface area contributed by atoms with Crippen LogP contribution in [0.2, 0.25) is 0 Å². The van der Waals surface area contributed by atoms with Gasteiger partial charge in [0.1, 0.15) is 0 Å². The lowest BCUT2D eigenvalue weighted by Gasteiger charge is -2.13. The molecule has 0 N–H and O–H groups in total. The van der Waals surface area contributed by atoms with Gasteiger partial charge in [-0.3, -0.25) is 0 Å². The van der Waals surface area contributed by atoms with Crippen molar-refractivity contribution in [2.24, 2.45) is 0 Å². The van der Waals surface area contributed by atoms with Crippen LogP contribution in [-0.4, -0.2) is 9.97 Å². The Kier molecular flexibility index (Phi) is 2.25. The van der Waals surface area contributed by atoms with Crippen molar-refractivity contribution in [3.05, 3.63) is 73.1 Å². The van der Waals surface area contributed by atoms with Gasteiger partial charge >= 0.3 is 0 Å². The first-order valence-corrected chi connectivity index (χ1v) is 7.36. The van der Waals surface area contributed by atoms with Gasteiger partial charge in [-0.25, -0.2) is 9.97 Å². The summed E-state index contributed by atoms with van der Waals surface area (Å²) in [6.07, 6.45) is 3.59. The Balaban J connectivity index is 2.07. The second kappa shape index (κ2) is 4.25. The van der Waals surface area contributed by atoms with Gasteiger partial charge in [0.2, 0.25) is 0 Å². The van der Waals surface area contributed by atoms with Crippen LogP contribution < -0.4 is 0 Å². The molecule has 5 rings (SSSR count). The number of benzene rings is 4. The Labute approximate surface area is 127 Å². The van der Waals surface area contributed by atoms with Crippen molar-refractivity contribution < 1.29 is 0 Å². The largest absolute Gasteiger partial charge is 0.237 e. The summed E-state index contributed by atoms with van der Waals surface area (Å²) >= 11 is 0. The van der Waals surface area contributed by atoms with Crippen LogP contribution >= 0.6 is 0 Å². The minimum absolute atomic E-state index is 0.779. The summed E-state index contributed by atoms with van der Waals surface area (Å²) in [4.78, 5) is 8.89. The van der Waals surface area contributed by atoms with Crippen molar-refractivity contribution in [1.82, 2.24) is 9.97 Å². The zero-order valence-electron chi connectivity index (χ0n) is 11.8. The van der Waals surface area contributed by atoms with Crippen LogP contribution in [0.1, 0.15) is 0 Å². The summed E-state index contributed by atoms with van der Waals surface area (Å²) in [5.41, 5.74) is 1.09. The third-order valence-electron chi connectivity index (χ3n) is 4.31. The molecular weight excluding hydrogens is 268 g/mol. The van der Waals surface area contributed by atoms with Crippen LogP contribution in [0, 0.1) is 0 Å². The topological polar surface area (TPSA) is 25.8 Å². The zero-order chi connectivity index (χ0) is 14.5. The van der Waals surface area contributed by atoms with Crippen molar-refractivity contribution in [3.8, 4) is 11.4 Å². The number of hydrogen-bond acceptors (Lipinski definition) is 2. The van der Waals surface area contributed by atoms with Gasteiger partial charge in [-0.1, -0.05) is 48.5 Å². The minimum Gasteiger partial charge on any atom is -0.237 e. The molecule has 2 heteroatoms. The van der Waals surface area contributed by atoms with Gasteiger partial charge in [0.05, 0.1) is 0 Å². The van der Waals surface area contributed by atoms with Crippen LogP contribution in [0.15, 0.2) is 73.1 Å². The number of hydrogen-bond donors (Lipinski definition) is 0. The number of nitrogens with zero attached hydrogens (tertiary/aromatic N) is 2. The minimum atomic E-state index is 0.779. The van der Waals surface area contributed by atoms with E-state index >= 15 is 0 Å². The molecule has 22 heavy (non-hydrogen) atoms. The van der Waals surface area contributed by atoms with E-state index in [9.17, 15) is 0 Å². The standard InChI is InChI=1S/C20H12N2/c1-4-13-8-9-14-5-2-7-16-17(20-21-10-3-11-22-20)12-15(6-1)18(13)19(14)16/h1-12H. The molecule has 0 aliphatic carbocycles. The van der Waals surface area contributed by atoms with Gasteiger partial charge in [-0.05, 0) is 44.5 Å². The number of rotatable bonds is 1. The maximum Gasteiger partial charge on any atom is 0.159 e. The van der Waals surface area contributed by atoms with Gasteiger partial charge in [0, 0.05) is 18.0 Å². The van der Waals surface area contributed by atoms with Crippen molar-refractivity contribution in [1.29, 1.82) is 0 Å². The smallest absolute Gasteiger partial charge is 0.159 e. The lowest BCUT2D eigenvalue weighted by molar-refractivity contribution is 1.18. The summed E-state index contributed by atoms with van der Waals surface area (Å²) in [6, 6.07) is 21.3. The lowest BCUT2D eigenvalue weighted by Crippen LogP contribution is -1.91. The second-order valence-corrected chi connectivity index (χ2v) is 5.55. The van der Waals surface area contributed by atoms with E-state index in [1.54, 1.807) is 12.4 Å². The van der Waals surface area contributed by atoms with E-state index < -0.39 is 0 Å². The van der Waals surface area contributed by atoms with Crippen molar-refractivity contribution in [2.75, 3.05) is 0 Å². The molecule has 0 aliphatic rings. The van der Waals surface area contributed by atoms with E-state index in [0.717, 1.165) is 11.4 Å². The van der Waals surface area contributed by atoms with Gasteiger partial charge in [0.15, 0.2) is 5.82 Å². The second-order valence-electron chi connectivity index (χ2n) is 5.55. The maximum atomic E-state index is 4.45. The molecule has 5 aromatic rings. The summed E-state index contributed by atoms with van der Waals surface area (Å²) in [7, 11) is 0. The molecule has 0 saturated heterocycles. The zero-order valence-corrected chi connectivity index (χ0v) is 11.8. The molecule has 2 nitrogen and oxygen atoms in total. The maximum absolute atomic E-state index is 4.45. The predicted octanol–water partition coefficient (Wildman–Crippen LogP) is 5.04. The number of aromatic nitrogens is 2. The summed E-state index contributed by atoms with van der Waals surface area (Å²) in [5.74, 6) is 0.779. The molecular formula is C20H12N2. The lowest BCUT2D eigenvalue weighted by atomic mass is 9.91. The molecule has 1 aromatic heterocycles. The van der Waals surface area contributed by atoms with Crippen LogP contribution in [0.4, 0.5) is 0 Å². The first-order chi connectivity index (χ1) is 10.9. The van der Waals surface area contributed by atoms with Crippen LogP contribution in [-0.2, 0) is 0 Å². The SMILES string of the molecule is c1cnc(-c2cc3cccc4ccc5cccc2c5c43)nc1. The van der Waals surface area contributed by atoms with Crippen molar-refractivity contribution in [2.45, 2.75) is 0 Å². The van der Waals surface area contributed by atoms with Crippen molar-refractivity contribution in [3.63, 3.8) is 0 Å². The first kappa shape index (κ1) is 11.6. The Bertz CT molecular complexity index is 1110. The van der Waals surface area contributed by atoms with E-state index in [0.29, 0.717) is 0 Å². The van der Waals surface area contributed by atoms with E-state index in [1.807, 2.05) is 6.07 Å². The Hall–Kier alpha value is -3.00. The summed E-state index contributed by atoms with van der Waals surface area (Å²) in [5, 5.41) is 7.63. The summed E-state index contributed by atoms with van der Waals surface area (Å²) in [6.45, 7) is 0. The van der Waals surface area contributed by atoms with Crippen LogP contribution in [0.5, 0.6) is 0 Å². The highest BCUT2D eigenvalue weighted by atomic mass is 14.8. The predicted molar refractivity (Wildman–Crippen MR) is 91.2 cm³/mol. The van der Waals surface area contributed by atoms with Crippen LogP contribution in [0.25, 0.3) is 43.7 Å². The highest BCUT2D eigenvalue weighted by molar-refractivity contribution is 6.25. The third kappa shape index (κ3) is 1.49. The normalized spacial score (nSPS) is 11.6. The van der Waals surface area contributed by atoms with Crippen LogP contribution in [0.3, 0.4) is 0 Å². The molecule has 0 radical (unpaired) electrons. The molecule has 0 aliphatic heterocycles. The van der Waals surface area contributed by atoms with Gasteiger partial charge < -0.3 is 0 Å². The molecule has 0 bridgehead atoms. The van der Waals surface area contributed by atoms with Crippen molar-refractivity contribution >= 4 is 32.3 Å². The van der Waals surface area contributed by atoms with E-state index in [-0.39, 0.29) is 0 Å². The molecule has 0 atom stereocenters. The van der Waals surface area contributed by atoms with E-state index in [2.05, 4.69) is 64.6 Å². The Morgan fingerprint density at radius 1 is 0.591 bits per heavy atom. The van der Waals surface area contributed by atoms with Gasteiger partial charge in [-0.15, -0.1) is 0 Å². The molecule has 0 amide bonds. The highest BCUT2D eigenvalue weighted by Gasteiger charge is 2.13. The molecule has 0 spiro atoms. The fraction of sp³-hybridized carbons (Fsp3) is 0. The quantitative estimate of drug-likeness (QED) is 0.402. The monoisotopic (exact) mass is 280 g/mol. The Morgan fingerprint density at radius 3 is 2.09 bits per heavy atom. The average molecular weight is 280 g/mol. The fourth-order valence-corrected chi connectivity index (χ4v) is 3.39. The molecule has 0 fully saturated rings. The molecule has 0 unspecified atom stereocenters. The highest BCUT2D eigenvalue weighted by Crippen LogP contribution is 2.38. The van der Waals surface area contributed by atoms with Gasteiger partial charge in [-0.2, -0.15) is 0 Å². The fourth-order valence-electron chi connectivity index (χ4n) is 3.39. The Morgan fingerprint density at radius 2 is 1.27 bits per heavy atom. The molecule has 102 valence electrons. The summed E-state index contributed by atoms with van der Waals surface area (Å²) < 4.78 is 0. The molecule has 4 aromatic carbocycles. The molecule has 0 saturated carbocycles. The molecule has 1 heterocycles. The first-order valence-electron chi connectivity index (χ1n) is 7.36. The van der Waals surface area contributed by atoms with E-state index in [1.165, 1.54) is 32.3 Å². The third-order valence-corrected chi connectivity index (χ3v) is 4.31. The van der Waals surface area contributed by atoms with Gasteiger partial charge in [0.25, 0.3) is 0 Å². The average Bonchev–Trinajstić information content (AvgIpc) is 2.60. The van der Waals surface area contributed by atoms with E-state index in [4.69, 9.17) is 0 Å².